The van der Waals surface area contributed by atoms with E-state index in [1.165, 1.54) is 0 Å². The highest BCUT2D eigenvalue weighted by atomic mass is 16.4. The Balaban J connectivity index is 2.80. The molecule has 3 nitrogen and oxygen atoms in total. The number of unbranched alkanes of at least 4 members (excludes halogenated alkanes) is 1. The fourth-order valence-electron chi connectivity index (χ4n) is 1.99. The molecule has 0 aromatic carbocycles. The monoisotopic (exact) mass is 224 g/mol. The molecule has 1 aromatic rings. The van der Waals surface area contributed by atoms with E-state index in [9.17, 15) is 9.90 Å². The van der Waals surface area contributed by atoms with E-state index < -0.39 is 11.4 Å². The molecule has 1 rings (SSSR count). The normalized spacial score (nSPS) is 14.6. The minimum atomic E-state index is -0.708. The average molecular weight is 224 g/mol. The first kappa shape index (κ1) is 12.8. The summed E-state index contributed by atoms with van der Waals surface area (Å²) in [6, 6.07) is 3.65. The molecule has 0 aliphatic heterocycles. The van der Waals surface area contributed by atoms with Crippen molar-refractivity contribution in [2.75, 3.05) is 0 Å². The molecule has 0 radical (unpaired) electrons. The van der Waals surface area contributed by atoms with Crippen LogP contribution in [0.15, 0.2) is 22.8 Å². The van der Waals surface area contributed by atoms with Crippen LogP contribution in [-0.2, 0) is 11.2 Å². The van der Waals surface area contributed by atoms with Crippen LogP contribution in [0.25, 0.3) is 0 Å². The lowest BCUT2D eigenvalue weighted by Crippen LogP contribution is -2.32. The van der Waals surface area contributed by atoms with Gasteiger partial charge in [-0.2, -0.15) is 0 Å². The molecule has 0 saturated heterocycles. The highest BCUT2D eigenvalue weighted by Gasteiger charge is 2.36. The number of carbonyl (C=O) groups is 1. The number of hydrogen-bond donors (Lipinski definition) is 1. The van der Waals surface area contributed by atoms with Crippen LogP contribution in [0, 0.1) is 5.41 Å². The van der Waals surface area contributed by atoms with Crippen LogP contribution < -0.4 is 0 Å². The predicted octanol–water partition coefficient (Wildman–Crippen LogP) is 3.49. The van der Waals surface area contributed by atoms with E-state index >= 15 is 0 Å². The first-order valence-electron chi connectivity index (χ1n) is 5.90. The summed E-state index contributed by atoms with van der Waals surface area (Å²) in [5, 5.41) is 9.41. The zero-order valence-corrected chi connectivity index (χ0v) is 10.0. The molecule has 1 heterocycles. The van der Waals surface area contributed by atoms with Crippen LogP contribution in [0.1, 0.15) is 45.3 Å². The van der Waals surface area contributed by atoms with Gasteiger partial charge in [-0.25, -0.2) is 0 Å². The van der Waals surface area contributed by atoms with Crippen LogP contribution in [0.3, 0.4) is 0 Å². The summed E-state index contributed by atoms with van der Waals surface area (Å²) in [6.45, 7) is 4.02. The Bertz CT molecular complexity index is 316. The van der Waals surface area contributed by atoms with Crippen LogP contribution in [0.5, 0.6) is 0 Å². The maximum absolute atomic E-state index is 11.4. The summed E-state index contributed by atoms with van der Waals surface area (Å²) in [7, 11) is 0. The fourth-order valence-corrected chi connectivity index (χ4v) is 1.99. The standard InChI is InChI=1S/C13H20O3/c1-3-5-8-13(4-2,12(14)15)10-11-7-6-9-16-11/h6-7,9H,3-5,8,10H2,1-2H3,(H,14,15). The molecule has 0 amide bonds. The third-order valence-electron chi connectivity index (χ3n) is 3.23. The molecule has 1 atom stereocenters. The van der Waals surface area contributed by atoms with Gasteiger partial charge in [0.25, 0.3) is 0 Å². The van der Waals surface area contributed by atoms with Crippen molar-refractivity contribution in [3.63, 3.8) is 0 Å². The zero-order chi connectivity index (χ0) is 12.0. The van der Waals surface area contributed by atoms with Gasteiger partial charge in [-0.3, -0.25) is 4.79 Å². The van der Waals surface area contributed by atoms with E-state index in [2.05, 4.69) is 6.92 Å². The quantitative estimate of drug-likeness (QED) is 0.771. The topological polar surface area (TPSA) is 50.4 Å². The third kappa shape index (κ3) is 2.87. The molecule has 1 unspecified atom stereocenters. The van der Waals surface area contributed by atoms with Gasteiger partial charge in [0.1, 0.15) is 5.76 Å². The van der Waals surface area contributed by atoms with E-state index in [0.717, 1.165) is 25.0 Å². The Morgan fingerprint density at radius 2 is 2.25 bits per heavy atom. The van der Waals surface area contributed by atoms with Crippen molar-refractivity contribution in [2.24, 2.45) is 5.41 Å². The first-order valence-corrected chi connectivity index (χ1v) is 5.90. The molecule has 0 spiro atoms. The molecular weight excluding hydrogens is 204 g/mol. The Hall–Kier alpha value is -1.25. The SMILES string of the molecule is CCCCC(CC)(Cc1ccco1)C(=O)O. The lowest BCUT2D eigenvalue weighted by atomic mass is 9.76. The molecule has 3 heteroatoms. The van der Waals surface area contributed by atoms with Crippen LogP contribution in [0.2, 0.25) is 0 Å². The zero-order valence-electron chi connectivity index (χ0n) is 10.0. The van der Waals surface area contributed by atoms with Crippen LogP contribution in [0.4, 0.5) is 0 Å². The molecule has 0 fully saturated rings. The molecule has 16 heavy (non-hydrogen) atoms. The number of carboxylic acid groups (broad SMARTS) is 1. The van der Waals surface area contributed by atoms with Crippen LogP contribution in [-0.4, -0.2) is 11.1 Å². The van der Waals surface area contributed by atoms with Gasteiger partial charge < -0.3 is 9.52 Å². The molecular formula is C13H20O3. The smallest absolute Gasteiger partial charge is 0.310 e. The van der Waals surface area contributed by atoms with Crippen molar-refractivity contribution in [2.45, 2.75) is 46.0 Å². The van der Waals surface area contributed by atoms with Gasteiger partial charge in [-0.1, -0.05) is 26.7 Å². The molecule has 0 aliphatic rings. The Morgan fingerprint density at radius 3 is 2.69 bits per heavy atom. The van der Waals surface area contributed by atoms with E-state index in [1.807, 2.05) is 13.0 Å². The van der Waals surface area contributed by atoms with Crippen molar-refractivity contribution < 1.29 is 14.3 Å². The van der Waals surface area contributed by atoms with Crippen molar-refractivity contribution in [1.29, 1.82) is 0 Å². The van der Waals surface area contributed by atoms with E-state index in [0.29, 0.717) is 12.8 Å². The number of aliphatic carboxylic acids is 1. The largest absolute Gasteiger partial charge is 0.481 e. The Morgan fingerprint density at radius 1 is 1.50 bits per heavy atom. The highest BCUT2D eigenvalue weighted by molar-refractivity contribution is 5.74. The second-order valence-corrected chi connectivity index (χ2v) is 4.30. The van der Waals surface area contributed by atoms with Gasteiger partial charge in [0.05, 0.1) is 11.7 Å². The Labute approximate surface area is 96.5 Å². The van der Waals surface area contributed by atoms with Gasteiger partial charge in [0.15, 0.2) is 0 Å². The van der Waals surface area contributed by atoms with Crippen molar-refractivity contribution in [3.8, 4) is 0 Å². The van der Waals surface area contributed by atoms with Crippen molar-refractivity contribution in [1.82, 2.24) is 0 Å². The Kier molecular flexibility index (Phi) is 4.59. The third-order valence-corrected chi connectivity index (χ3v) is 3.23. The lowest BCUT2D eigenvalue weighted by molar-refractivity contribution is -0.150. The van der Waals surface area contributed by atoms with Gasteiger partial charge in [-0.15, -0.1) is 0 Å². The van der Waals surface area contributed by atoms with Gasteiger partial charge >= 0.3 is 5.97 Å². The van der Waals surface area contributed by atoms with Crippen LogP contribution >= 0.6 is 0 Å². The maximum Gasteiger partial charge on any atom is 0.310 e. The maximum atomic E-state index is 11.4. The van der Waals surface area contributed by atoms with Crippen molar-refractivity contribution in [3.05, 3.63) is 24.2 Å². The van der Waals surface area contributed by atoms with E-state index in [1.54, 1.807) is 12.3 Å². The lowest BCUT2D eigenvalue weighted by Gasteiger charge is -2.27. The first-order chi connectivity index (χ1) is 7.64. The minimum Gasteiger partial charge on any atom is -0.481 e. The van der Waals surface area contributed by atoms with E-state index in [-0.39, 0.29) is 0 Å². The predicted molar refractivity (Wildman–Crippen MR) is 62.3 cm³/mol. The second-order valence-electron chi connectivity index (χ2n) is 4.30. The summed E-state index contributed by atoms with van der Waals surface area (Å²) < 4.78 is 5.26. The summed E-state index contributed by atoms with van der Waals surface area (Å²) in [6.07, 6.45) is 5.41. The highest BCUT2D eigenvalue weighted by Crippen LogP contribution is 2.33. The molecule has 0 saturated carbocycles. The minimum absolute atomic E-state index is 0.492. The fraction of sp³-hybridized carbons (Fsp3) is 0.615. The average Bonchev–Trinajstić information content (AvgIpc) is 2.76. The summed E-state index contributed by atoms with van der Waals surface area (Å²) in [5.74, 6) is 0.0557. The van der Waals surface area contributed by atoms with Gasteiger partial charge in [0, 0.05) is 6.42 Å². The molecule has 0 aliphatic carbocycles. The van der Waals surface area contributed by atoms with E-state index in [4.69, 9.17) is 4.42 Å². The second kappa shape index (κ2) is 5.73. The molecule has 1 aromatic heterocycles. The van der Waals surface area contributed by atoms with Crippen molar-refractivity contribution >= 4 is 5.97 Å². The molecule has 1 N–H and O–H groups in total. The number of hydrogen-bond acceptors (Lipinski definition) is 2. The van der Waals surface area contributed by atoms with Gasteiger partial charge in [-0.05, 0) is 25.0 Å². The summed E-state index contributed by atoms with van der Waals surface area (Å²) in [5.41, 5.74) is -0.659. The summed E-state index contributed by atoms with van der Waals surface area (Å²) in [4.78, 5) is 11.4. The number of furan rings is 1. The van der Waals surface area contributed by atoms with Gasteiger partial charge in [0.2, 0.25) is 0 Å². The summed E-state index contributed by atoms with van der Waals surface area (Å²) >= 11 is 0. The molecule has 90 valence electrons. The number of carboxylic acids is 1. The number of rotatable bonds is 7. The molecule has 0 bridgehead atoms.